The van der Waals surface area contributed by atoms with Crippen LogP contribution in [0.15, 0.2) is 54.6 Å². The number of esters is 1. The van der Waals surface area contributed by atoms with E-state index in [-0.39, 0.29) is 42.4 Å². The Kier molecular flexibility index (Phi) is 5.74. The number of ketones is 1. The smallest absolute Gasteiger partial charge is 0.312 e. The predicted octanol–water partition coefficient (Wildman–Crippen LogP) is 3.39. The summed E-state index contributed by atoms with van der Waals surface area (Å²) >= 11 is 0. The summed E-state index contributed by atoms with van der Waals surface area (Å²) in [5.74, 6) is -1.04. The number of ether oxygens (including phenoxy) is 1. The van der Waals surface area contributed by atoms with Gasteiger partial charge in [-0.15, -0.1) is 0 Å². The van der Waals surface area contributed by atoms with E-state index >= 15 is 0 Å². The fraction of sp³-hybridized carbons (Fsp3) is 0.333. The average Bonchev–Trinajstić information content (AvgIpc) is 3.03. The van der Waals surface area contributed by atoms with E-state index in [1.54, 1.807) is 48.5 Å². The summed E-state index contributed by atoms with van der Waals surface area (Å²) in [6, 6.07) is 15.3. The molecule has 2 aromatic carbocycles. The number of fused-ring (bicyclic) bond motifs is 1. The molecule has 0 unspecified atom stereocenters. The van der Waals surface area contributed by atoms with Crippen molar-refractivity contribution in [1.29, 1.82) is 0 Å². The largest absolute Gasteiger partial charge is 0.426 e. The van der Waals surface area contributed by atoms with Crippen molar-refractivity contribution in [1.82, 2.24) is 4.90 Å². The lowest BCUT2D eigenvalue weighted by Crippen LogP contribution is -2.33. The van der Waals surface area contributed by atoms with E-state index in [1.165, 1.54) is 4.90 Å². The number of likely N-dealkylation sites (tertiary alicyclic amines) is 1. The molecule has 154 valence electrons. The first-order chi connectivity index (χ1) is 14.5. The second kappa shape index (κ2) is 8.61. The minimum Gasteiger partial charge on any atom is -0.426 e. The van der Waals surface area contributed by atoms with Crippen molar-refractivity contribution in [2.75, 3.05) is 6.54 Å². The molecule has 0 aromatic heterocycles. The van der Waals surface area contributed by atoms with E-state index in [4.69, 9.17) is 4.74 Å². The van der Waals surface area contributed by atoms with E-state index in [0.29, 0.717) is 16.9 Å². The standard InChI is InChI=1S/C24H23NO5/c26-21(14-15-25-23(28)19-8-4-5-9-20(19)24(25)29)30-18-12-10-17(11-13-18)22(27)16-6-2-1-3-7-16/h1-3,6-7,10-13,19-20H,4-5,8-9,14-15H2/t19-,20-/m1/s1. The SMILES string of the molecule is O=C(CCN1C(=O)[C@@H]2CCCC[C@H]2C1=O)Oc1ccc(C(=O)c2ccccc2)cc1. The number of benzene rings is 2. The summed E-state index contributed by atoms with van der Waals surface area (Å²) in [4.78, 5) is 50.8. The summed E-state index contributed by atoms with van der Waals surface area (Å²) in [7, 11) is 0. The quantitative estimate of drug-likeness (QED) is 0.319. The molecule has 2 aliphatic rings. The second-order valence-electron chi connectivity index (χ2n) is 7.77. The van der Waals surface area contributed by atoms with Gasteiger partial charge < -0.3 is 4.74 Å². The van der Waals surface area contributed by atoms with Gasteiger partial charge in [0.2, 0.25) is 11.8 Å². The molecule has 4 rings (SSSR count). The Bertz CT molecular complexity index is 943. The molecule has 2 fully saturated rings. The van der Waals surface area contributed by atoms with Gasteiger partial charge in [-0.25, -0.2) is 0 Å². The van der Waals surface area contributed by atoms with Gasteiger partial charge in [0.1, 0.15) is 5.75 Å². The summed E-state index contributed by atoms with van der Waals surface area (Å²) in [5, 5.41) is 0. The van der Waals surface area contributed by atoms with E-state index in [1.807, 2.05) is 6.07 Å². The van der Waals surface area contributed by atoms with Crippen molar-refractivity contribution < 1.29 is 23.9 Å². The predicted molar refractivity (Wildman–Crippen MR) is 109 cm³/mol. The normalized spacial score (nSPS) is 20.7. The monoisotopic (exact) mass is 405 g/mol. The molecular formula is C24H23NO5. The molecule has 2 atom stereocenters. The maximum atomic E-state index is 12.5. The van der Waals surface area contributed by atoms with Crippen molar-refractivity contribution in [2.24, 2.45) is 11.8 Å². The molecule has 0 spiro atoms. The highest BCUT2D eigenvalue weighted by molar-refractivity contribution is 6.09. The number of nitrogens with zero attached hydrogens (tertiary/aromatic N) is 1. The molecule has 1 saturated heterocycles. The lowest BCUT2D eigenvalue weighted by molar-refractivity contribution is -0.141. The van der Waals surface area contributed by atoms with Gasteiger partial charge in [0.25, 0.3) is 0 Å². The molecular weight excluding hydrogens is 382 g/mol. The third-order valence-corrected chi connectivity index (χ3v) is 5.86. The molecule has 1 aliphatic carbocycles. The first kappa shape index (κ1) is 20.0. The van der Waals surface area contributed by atoms with Crippen LogP contribution in [0.25, 0.3) is 0 Å². The Morgan fingerprint density at radius 2 is 1.40 bits per heavy atom. The Hall–Kier alpha value is -3.28. The molecule has 1 saturated carbocycles. The molecule has 30 heavy (non-hydrogen) atoms. The van der Waals surface area contributed by atoms with E-state index < -0.39 is 5.97 Å². The van der Waals surface area contributed by atoms with Gasteiger partial charge in [0.05, 0.1) is 18.3 Å². The highest BCUT2D eigenvalue weighted by Crippen LogP contribution is 2.38. The Morgan fingerprint density at radius 1 is 0.833 bits per heavy atom. The minimum atomic E-state index is -0.521. The molecule has 0 radical (unpaired) electrons. The molecule has 0 N–H and O–H groups in total. The summed E-state index contributed by atoms with van der Waals surface area (Å²) in [5.41, 5.74) is 1.08. The fourth-order valence-electron chi connectivity index (χ4n) is 4.27. The molecule has 1 heterocycles. The Morgan fingerprint density at radius 3 is 2.00 bits per heavy atom. The van der Waals surface area contributed by atoms with Crippen molar-refractivity contribution in [3.8, 4) is 5.75 Å². The average molecular weight is 405 g/mol. The van der Waals surface area contributed by atoms with Crippen molar-refractivity contribution in [2.45, 2.75) is 32.1 Å². The summed E-state index contributed by atoms with van der Waals surface area (Å²) < 4.78 is 5.30. The number of hydrogen-bond acceptors (Lipinski definition) is 5. The number of carbonyl (C=O) groups excluding carboxylic acids is 4. The molecule has 0 bridgehead atoms. The van der Waals surface area contributed by atoms with Gasteiger partial charge in [0.15, 0.2) is 5.78 Å². The van der Waals surface area contributed by atoms with Gasteiger partial charge in [-0.1, -0.05) is 43.2 Å². The lowest BCUT2D eigenvalue weighted by Gasteiger charge is -2.19. The zero-order valence-electron chi connectivity index (χ0n) is 16.6. The van der Waals surface area contributed by atoms with Crippen LogP contribution in [0.5, 0.6) is 5.75 Å². The first-order valence-electron chi connectivity index (χ1n) is 10.3. The molecule has 2 amide bonds. The highest BCUT2D eigenvalue weighted by Gasteiger charge is 2.47. The van der Waals surface area contributed by atoms with Crippen LogP contribution >= 0.6 is 0 Å². The lowest BCUT2D eigenvalue weighted by atomic mass is 9.81. The fourth-order valence-corrected chi connectivity index (χ4v) is 4.27. The maximum absolute atomic E-state index is 12.5. The topological polar surface area (TPSA) is 80.8 Å². The van der Waals surface area contributed by atoms with E-state index in [0.717, 1.165) is 25.7 Å². The van der Waals surface area contributed by atoms with Crippen molar-refractivity contribution >= 4 is 23.6 Å². The molecule has 2 aromatic rings. The van der Waals surface area contributed by atoms with Crippen LogP contribution in [-0.2, 0) is 14.4 Å². The number of amides is 2. The maximum Gasteiger partial charge on any atom is 0.312 e. The van der Waals surface area contributed by atoms with Gasteiger partial charge in [-0.05, 0) is 37.1 Å². The van der Waals surface area contributed by atoms with E-state index in [2.05, 4.69) is 0 Å². The van der Waals surface area contributed by atoms with Crippen LogP contribution < -0.4 is 4.74 Å². The third-order valence-electron chi connectivity index (χ3n) is 5.86. The Balaban J connectivity index is 1.32. The van der Waals surface area contributed by atoms with Gasteiger partial charge in [-0.2, -0.15) is 0 Å². The molecule has 6 nitrogen and oxygen atoms in total. The zero-order chi connectivity index (χ0) is 21.1. The Labute approximate surface area is 174 Å². The minimum absolute atomic E-state index is 0.0497. The van der Waals surface area contributed by atoms with Crippen molar-refractivity contribution in [3.05, 3.63) is 65.7 Å². The van der Waals surface area contributed by atoms with Gasteiger partial charge in [-0.3, -0.25) is 24.1 Å². The van der Waals surface area contributed by atoms with Crippen LogP contribution in [0.3, 0.4) is 0 Å². The van der Waals surface area contributed by atoms with Crippen molar-refractivity contribution in [3.63, 3.8) is 0 Å². The number of hydrogen-bond donors (Lipinski definition) is 0. The first-order valence-corrected chi connectivity index (χ1v) is 10.3. The third kappa shape index (κ3) is 4.03. The van der Waals surface area contributed by atoms with Crippen LogP contribution in [0.2, 0.25) is 0 Å². The number of rotatable bonds is 6. The summed E-state index contributed by atoms with van der Waals surface area (Å²) in [6.45, 7) is 0.0497. The summed E-state index contributed by atoms with van der Waals surface area (Å²) in [6.07, 6.45) is 3.40. The molecule has 1 aliphatic heterocycles. The van der Waals surface area contributed by atoms with Gasteiger partial charge in [0, 0.05) is 17.7 Å². The second-order valence-corrected chi connectivity index (χ2v) is 7.77. The number of carbonyl (C=O) groups is 4. The van der Waals surface area contributed by atoms with Crippen LogP contribution in [0, 0.1) is 11.8 Å². The van der Waals surface area contributed by atoms with Gasteiger partial charge >= 0.3 is 5.97 Å². The van der Waals surface area contributed by atoms with E-state index in [9.17, 15) is 19.2 Å². The number of imide groups is 1. The van der Waals surface area contributed by atoms with Crippen LogP contribution in [-0.4, -0.2) is 35.0 Å². The zero-order valence-corrected chi connectivity index (χ0v) is 16.6. The van der Waals surface area contributed by atoms with Crippen LogP contribution in [0.4, 0.5) is 0 Å². The highest BCUT2D eigenvalue weighted by atomic mass is 16.5. The van der Waals surface area contributed by atoms with Crippen LogP contribution in [0.1, 0.15) is 48.0 Å². The molecule has 6 heteroatoms.